The van der Waals surface area contributed by atoms with E-state index in [1.165, 1.54) is 19.1 Å². The van der Waals surface area contributed by atoms with E-state index in [1.807, 2.05) is 0 Å². The molecule has 0 aromatic heterocycles. The quantitative estimate of drug-likeness (QED) is 0.597. The number of carbonyl (C=O) groups excluding carboxylic acids is 3. The van der Waals surface area contributed by atoms with Gasteiger partial charge in [0.2, 0.25) is 11.8 Å². The van der Waals surface area contributed by atoms with Crippen molar-refractivity contribution < 1.29 is 28.2 Å². The van der Waals surface area contributed by atoms with Crippen LogP contribution in [0.4, 0.5) is 4.39 Å². The van der Waals surface area contributed by atoms with Gasteiger partial charge in [0.05, 0.1) is 18.7 Å². The number of ketones is 1. The van der Waals surface area contributed by atoms with Crippen LogP contribution in [0, 0.1) is 11.2 Å². The van der Waals surface area contributed by atoms with Crippen molar-refractivity contribution in [1.82, 2.24) is 4.90 Å². The average Bonchev–Trinajstić information content (AvgIpc) is 3.41. The Labute approximate surface area is 150 Å². The summed E-state index contributed by atoms with van der Waals surface area (Å²) in [5.41, 5.74) is 4.31. The van der Waals surface area contributed by atoms with Crippen LogP contribution in [-0.4, -0.2) is 54.9 Å². The van der Waals surface area contributed by atoms with Crippen LogP contribution in [0.25, 0.3) is 0 Å². The molecule has 2 N–H and O–H groups in total. The number of primary amides is 1. The Morgan fingerprint density at radius 1 is 1.38 bits per heavy atom. The summed E-state index contributed by atoms with van der Waals surface area (Å²) < 4.78 is 24.9. The molecule has 0 bridgehead atoms. The number of nitrogens with two attached hydrogens (primary N) is 1. The Bertz CT molecular complexity index is 747. The largest absolute Gasteiger partial charge is 0.491 e. The molecule has 0 spiro atoms. The van der Waals surface area contributed by atoms with E-state index in [2.05, 4.69) is 0 Å². The van der Waals surface area contributed by atoms with Gasteiger partial charge >= 0.3 is 0 Å². The number of rotatable bonds is 6. The highest BCUT2D eigenvalue weighted by Gasteiger charge is 2.57. The summed E-state index contributed by atoms with van der Waals surface area (Å²) >= 11 is 0. The van der Waals surface area contributed by atoms with Crippen LogP contribution in [0.3, 0.4) is 0 Å². The number of amides is 2. The highest BCUT2D eigenvalue weighted by Crippen LogP contribution is 2.47. The molecule has 1 atom stereocenters. The average molecular weight is 364 g/mol. The Kier molecular flexibility index (Phi) is 4.95. The lowest BCUT2D eigenvalue weighted by Crippen LogP contribution is -2.52. The Balaban J connectivity index is 1.57. The van der Waals surface area contributed by atoms with Crippen molar-refractivity contribution in [2.24, 2.45) is 11.1 Å². The molecular weight excluding hydrogens is 343 g/mol. The zero-order chi connectivity index (χ0) is 18.9. The van der Waals surface area contributed by atoms with Crippen molar-refractivity contribution >= 4 is 17.6 Å². The first kappa shape index (κ1) is 18.3. The molecule has 1 heterocycles. The normalized spacial score (nSPS) is 21.2. The summed E-state index contributed by atoms with van der Waals surface area (Å²) in [6.07, 6.45) is 0.579. The van der Waals surface area contributed by atoms with Crippen molar-refractivity contribution in [2.45, 2.75) is 25.9 Å². The van der Waals surface area contributed by atoms with Crippen molar-refractivity contribution in [3.63, 3.8) is 0 Å². The van der Waals surface area contributed by atoms with Crippen LogP contribution in [0.1, 0.15) is 30.1 Å². The molecule has 1 aromatic carbocycles. The van der Waals surface area contributed by atoms with Crippen LogP contribution in [0.15, 0.2) is 18.2 Å². The smallest absolute Gasteiger partial charge is 0.238 e. The van der Waals surface area contributed by atoms with E-state index in [0.29, 0.717) is 26.0 Å². The standard InChI is InChI=1S/C18H21FN2O5/c1-11(22)14-3-2-12(8-15(14)19)26-10-13-9-21(6-7-25-13)17(24)18(4-5-18)16(20)23/h2-3,8,13H,4-7,9-10H2,1H3,(H2,20,23). The van der Waals surface area contributed by atoms with Crippen LogP contribution >= 0.6 is 0 Å². The van der Waals surface area contributed by atoms with Crippen molar-refractivity contribution in [2.75, 3.05) is 26.3 Å². The molecule has 2 aliphatic rings. The Morgan fingerprint density at radius 3 is 2.69 bits per heavy atom. The lowest BCUT2D eigenvalue weighted by Gasteiger charge is -2.34. The molecule has 7 nitrogen and oxygen atoms in total. The summed E-state index contributed by atoms with van der Waals surface area (Å²) in [6, 6.07) is 4.03. The number of hydrogen-bond donors (Lipinski definition) is 1. The van der Waals surface area contributed by atoms with Crippen molar-refractivity contribution in [3.8, 4) is 5.75 Å². The highest BCUT2D eigenvalue weighted by atomic mass is 19.1. The molecule has 3 rings (SSSR count). The molecule has 2 amide bonds. The zero-order valence-electron chi connectivity index (χ0n) is 14.5. The maximum absolute atomic E-state index is 13.8. The van der Waals surface area contributed by atoms with Gasteiger partial charge in [-0.05, 0) is 31.9 Å². The molecule has 1 aromatic rings. The Morgan fingerprint density at radius 2 is 2.12 bits per heavy atom. The van der Waals surface area contributed by atoms with E-state index >= 15 is 0 Å². The number of nitrogens with zero attached hydrogens (tertiary/aromatic N) is 1. The van der Waals surface area contributed by atoms with E-state index in [4.69, 9.17) is 15.2 Å². The fraction of sp³-hybridized carbons (Fsp3) is 0.500. The molecule has 0 radical (unpaired) electrons. The number of hydrogen-bond acceptors (Lipinski definition) is 5. The molecule has 1 saturated carbocycles. The number of benzene rings is 1. The van der Waals surface area contributed by atoms with E-state index in [1.54, 1.807) is 4.90 Å². The van der Waals surface area contributed by atoms with Crippen molar-refractivity contribution in [3.05, 3.63) is 29.6 Å². The van der Waals surface area contributed by atoms with Gasteiger partial charge in [-0.3, -0.25) is 14.4 Å². The van der Waals surface area contributed by atoms with Gasteiger partial charge in [0.15, 0.2) is 5.78 Å². The third kappa shape index (κ3) is 3.55. The number of ether oxygens (including phenoxy) is 2. The molecular formula is C18H21FN2O5. The van der Waals surface area contributed by atoms with Crippen LogP contribution in [0.2, 0.25) is 0 Å². The van der Waals surface area contributed by atoms with Crippen LogP contribution in [-0.2, 0) is 14.3 Å². The minimum absolute atomic E-state index is 0.00391. The Hall–Kier alpha value is -2.48. The molecule has 1 aliphatic carbocycles. The van der Waals surface area contributed by atoms with Crippen LogP contribution < -0.4 is 10.5 Å². The molecule has 26 heavy (non-hydrogen) atoms. The molecule has 1 saturated heterocycles. The summed E-state index contributed by atoms with van der Waals surface area (Å²) in [5, 5.41) is 0. The monoisotopic (exact) mass is 364 g/mol. The van der Waals surface area contributed by atoms with Gasteiger partial charge < -0.3 is 20.1 Å². The summed E-state index contributed by atoms with van der Waals surface area (Å²) in [6.45, 7) is 2.41. The lowest BCUT2D eigenvalue weighted by molar-refractivity contribution is -0.149. The van der Waals surface area contributed by atoms with Crippen LogP contribution in [0.5, 0.6) is 5.75 Å². The summed E-state index contributed by atoms with van der Waals surface area (Å²) in [4.78, 5) is 36.9. The zero-order valence-corrected chi connectivity index (χ0v) is 14.5. The van der Waals surface area contributed by atoms with Gasteiger partial charge in [0.1, 0.15) is 29.7 Å². The van der Waals surface area contributed by atoms with Gasteiger partial charge in [0, 0.05) is 12.6 Å². The predicted molar refractivity (Wildman–Crippen MR) is 89.1 cm³/mol. The highest BCUT2D eigenvalue weighted by molar-refractivity contribution is 6.07. The van der Waals surface area contributed by atoms with E-state index < -0.39 is 23.2 Å². The summed E-state index contributed by atoms with van der Waals surface area (Å²) in [7, 11) is 0. The second kappa shape index (κ2) is 7.03. The maximum atomic E-state index is 13.8. The third-order valence-corrected chi connectivity index (χ3v) is 4.81. The van der Waals surface area contributed by atoms with Gasteiger partial charge in [-0.2, -0.15) is 0 Å². The van der Waals surface area contributed by atoms with Crippen molar-refractivity contribution in [1.29, 1.82) is 0 Å². The van der Waals surface area contributed by atoms with E-state index in [0.717, 1.165) is 6.07 Å². The number of carbonyl (C=O) groups is 3. The van der Waals surface area contributed by atoms with Gasteiger partial charge in [0.25, 0.3) is 0 Å². The maximum Gasteiger partial charge on any atom is 0.238 e. The molecule has 140 valence electrons. The second-order valence-electron chi connectivity index (χ2n) is 6.70. The van der Waals surface area contributed by atoms with E-state index in [-0.39, 0.29) is 36.2 Å². The number of Topliss-reactive ketones (excluding diaryl/α,β-unsaturated/α-hetero) is 1. The first-order chi connectivity index (χ1) is 12.3. The molecule has 2 fully saturated rings. The number of halogens is 1. The van der Waals surface area contributed by atoms with Gasteiger partial charge in [-0.25, -0.2) is 4.39 Å². The lowest BCUT2D eigenvalue weighted by atomic mass is 10.0. The number of morpholine rings is 1. The fourth-order valence-electron chi connectivity index (χ4n) is 3.06. The minimum atomic E-state index is -1.05. The topological polar surface area (TPSA) is 98.9 Å². The van der Waals surface area contributed by atoms with E-state index in [9.17, 15) is 18.8 Å². The second-order valence-corrected chi connectivity index (χ2v) is 6.70. The SMILES string of the molecule is CC(=O)c1ccc(OCC2CN(C(=O)C3(C(N)=O)CC3)CCO2)cc1F. The molecule has 8 heteroatoms. The fourth-order valence-corrected chi connectivity index (χ4v) is 3.06. The molecule has 1 aliphatic heterocycles. The predicted octanol–water partition coefficient (Wildman–Crippen LogP) is 0.900. The first-order valence-electron chi connectivity index (χ1n) is 8.47. The molecule has 1 unspecified atom stereocenters. The minimum Gasteiger partial charge on any atom is -0.491 e. The van der Waals surface area contributed by atoms with Gasteiger partial charge in [-0.1, -0.05) is 0 Å². The third-order valence-electron chi connectivity index (χ3n) is 4.81. The summed E-state index contributed by atoms with van der Waals surface area (Å²) in [5.74, 6) is -1.57. The van der Waals surface area contributed by atoms with Gasteiger partial charge in [-0.15, -0.1) is 0 Å². The first-order valence-corrected chi connectivity index (χ1v) is 8.47.